The Balaban J connectivity index is 2.37. The molecule has 0 fully saturated rings. The highest BCUT2D eigenvalue weighted by molar-refractivity contribution is 5.34. The standard InChI is InChI=1S/C13H15N3/c1-2-11(10-6-4-3-5-7-10)12-8-13(14)16-9-15-12/h3-9,11H,2H2,1H3,(H2,14,15,16). The number of rotatable bonds is 3. The lowest BCUT2D eigenvalue weighted by molar-refractivity contribution is 0.746. The number of aromatic nitrogens is 2. The van der Waals surface area contributed by atoms with Crippen LogP contribution in [0.25, 0.3) is 0 Å². The van der Waals surface area contributed by atoms with Crippen molar-refractivity contribution in [3.8, 4) is 0 Å². The summed E-state index contributed by atoms with van der Waals surface area (Å²) < 4.78 is 0. The molecule has 0 amide bonds. The topological polar surface area (TPSA) is 51.8 Å². The van der Waals surface area contributed by atoms with Gasteiger partial charge in [-0.25, -0.2) is 9.97 Å². The molecule has 0 aliphatic heterocycles. The van der Waals surface area contributed by atoms with Gasteiger partial charge >= 0.3 is 0 Å². The Bertz CT molecular complexity index is 454. The van der Waals surface area contributed by atoms with Crippen molar-refractivity contribution in [1.29, 1.82) is 0 Å². The van der Waals surface area contributed by atoms with Crippen molar-refractivity contribution in [2.45, 2.75) is 19.3 Å². The summed E-state index contributed by atoms with van der Waals surface area (Å²) >= 11 is 0. The SMILES string of the molecule is CCC(c1ccccc1)c1cc(N)ncn1. The van der Waals surface area contributed by atoms with Crippen LogP contribution >= 0.6 is 0 Å². The molecule has 2 N–H and O–H groups in total. The monoisotopic (exact) mass is 213 g/mol. The zero-order chi connectivity index (χ0) is 11.4. The van der Waals surface area contributed by atoms with Crippen molar-refractivity contribution in [1.82, 2.24) is 9.97 Å². The Labute approximate surface area is 95.4 Å². The van der Waals surface area contributed by atoms with E-state index in [9.17, 15) is 0 Å². The molecule has 16 heavy (non-hydrogen) atoms. The lowest BCUT2D eigenvalue weighted by Crippen LogP contribution is -2.04. The van der Waals surface area contributed by atoms with Crippen LogP contribution in [0.2, 0.25) is 0 Å². The minimum atomic E-state index is 0.298. The quantitative estimate of drug-likeness (QED) is 0.852. The number of nitrogen functional groups attached to an aromatic ring is 1. The van der Waals surface area contributed by atoms with Gasteiger partial charge in [-0.3, -0.25) is 0 Å². The molecule has 3 heteroatoms. The highest BCUT2D eigenvalue weighted by atomic mass is 14.9. The molecule has 82 valence electrons. The van der Waals surface area contributed by atoms with E-state index in [0.29, 0.717) is 11.7 Å². The molecule has 1 aromatic carbocycles. The summed E-state index contributed by atoms with van der Waals surface area (Å²) in [7, 11) is 0. The van der Waals surface area contributed by atoms with Crippen LogP contribution in [0.3, 0.4) is 0 Å². The van der Waals surface area contributed by atoms with Crippen LogP contribution < -0.4 is 5.73 Å². The van der Waals surface area contributed by atoms with E-state index in [1.54, 1.807) is 0 Å². The maximum Gasteiger partial charge on any atom is 0.127 e. The molecule has 2 aromatic rings. The van der Waals surface area contributed by atoms with Gasteiger partial charge in [0.25, 0.3) is 0 Å². The normalized spacial score (nSPS) is 12.3. The van der Waals surface area contributed by atoms with Crippen LogP contribution in [0.1, 0.15) is 30.5 Å². The number of anilines is 1. The molecular formula is C13H15N3. The van der Waals surface area contributed by atoms with Crippen LogP contribution in [-0.2, 0) is 0 Å². The van der Waals surface area contributed by atoms with E-state index in [1.807, 2.05) is 24.3 Å². The van der Waals surface area contributed by atoms with Crippen molar-refractivity contribution in [3.63, 3.8) is 0 Å². The van der Waals surface area contributed by atoms with Crippen molar-refractivity contribution in [2.75, 3.05) is 5.73 Å². The molecule has 0 saturated carbocycles. The average Bonchev–Trinajstić information content (AvgIpc) is 2.31. The zero-order valence-corrected chi connectivity index (χ0v) is 9.30. The highest BCUT2D eigenvalue weighted by Crippen LogP contribution is 2.26. The smallest absolute Gasteiger partial charge is 0.127 e. The van der Waals surface area contributed by atoms with Crippen LogP contribution in [0.4, 0.5) is 5.82 Å². The number of hydrogen-bond acceptors (Lipinski definition) is 3. The van der Waals surface area contributed by atoms with Gasteiger partial charge < -0.3 is 5.73 Å². The predicted octanol–water partition coefficient (Wildman–Crippen LogP) is 2.60. The van der Waals surface area contributed by atoms with Gasteiger partial charge in [0.05, 0.1) is 5.69 Å². The number of nitrogens with zero attached hydrogens (tertiary/aromatic N) is 2. The van der Waals surface area contributed by atoms with Gasteiger partial charge in [-0.05, 0) is 12.0 Å². The summed E-state index contributed by atoms with van der Waals surface area (Å²) in [4.78, 5) is 8.21. The van der Waals surface area contributed by atoms with E-state index < -0.39 is 0 Å². The molecule has 0 radical (unpaired) electrons. The van der Waals surface area contributed by atoms with Gasteiger partial charge in [0.2, 0.25) is 0 Å². The molecule has 0 aliphatic rings. The molecule has 1 aromatic heterocycles. The van der Waals surface area contributed by atoms with Gasteiger partial charge in [0.15, 0.2) is 0 Å². The highest BCUT2D eigenvalue weighted by Gasteiger charge is 2.13. The maximum absolute atomic E-state index is 5.68. The van der Waals surface area contributed by atoms with Gasteiger partial charge in [0, 0.05) is 12.0 Å². The fraction of sp³-hybridized carbons (Fsp3) is 0.231. The van der Waals surface area contributed by atoms with Gasteiger partial charge in [-0.2, -0.15) is 0 Å². The summed E-state index contributed by atoms with van der Waals surface area (Å²) in [5.74, 6) is 0.825. The van der Waals surface area contributed by atoms with Crippen molar-refractivity contribution in [3.05, 3.63) is 54.0 Å². The second kappa shape index (κ2) is 4.75. The molecule has 2 rings (SSSR count). The third kappa shape index (κ3) is 2.19. The van der Waals surface area contributed by atoms with Gasteiger partial charge in [0.1, 0.15) is 12.1 Å². The third-order valence-electron chi connectivity index (χ3n) is 2.68. The van der Waals surface area contributed by atoms with Crippen LogP contribution in [0, 0.1) is 0 Å². The number of hydrogen-bond donors (Lipinski definition) is 1. The summed E-state index contributed by atoms with van der Waals surface area (Å²) in [6.45, 7) is 2.15. The van der Waals surface area contributed by atoms with Crippen molar-refractivity contribution >= 4 is 5.82 Å². The molecule has 0 bridgehead atoms. The fourth-order valence-corrected chi connectivity index (χ4v) is 1.88. The van der Waals surface area contributed by atoms with E-state index in [1.165, 1.54) is 11.9 Å². The van der Waals surface area contributed by atoms with E-state index in [-0.39, 0.29) is 0 Å². The predicted molar refractivity (Wildman–Crippen MR) is 65.0 cm³/mol. The summed E-state index contributed by atoms with van der Waals surface area (Å²) in [5.41, 5.74) is 7.93. The van der Waals surface area contributed by atoms with Gasteiger partial charge in [-0.1, -0.05) is 37.3 Å². The molecule has 0 aliphatic carbocycles. The Morgan fingerprint density at radius 2 is 1.94 bits per heavy atom. The largest absolute Gasteiger partial charge is 0.384 e. The minimum absolute atomic E-state index is 0.298. The van der Waals surface area contributed by atoms with Gasteiger partial charge in [-0.15, -0.1) is 0 Å². The molecule has 3 nitrogen and oxygen atoms in total. The summed E-state index contributed by atoms with van der Waals surface area (Å²) in [5, 5.41) is 0. The first-order valence-corrected chi connectivity index (χ1v) is 5.43. The molecular weight excluding hydrogens is 198 g/mol. The lowest BCUT2D eigenvalue weighted by atomic mass is 9.93. The molecule has 1 heterocycles. The zero-order valence-electron chi connectivity index (χ0n) is 9.30. The molecule has 1 unspecified atom stereocenters. The Morgan fingerprint density at radius 1 is 1.19 bits per heavy atom. The Kier molecular flexibility index (Phi) is 3.15. The van der Waals surface area contributed by atoms with E-state index in [4.69, 9.17) is 5.73 Å². The van der Waals surface area contributed by atoms with E-state index in [2.05, 4.69) is 29.0 Å². The summed E-state index contributed by atoms with van der Waals surface area (Å²) in [6, 6.07) is 12.2. The average molecular weight is 213 g/mol. The van der Waals surface area contributed by atoms with Crippen molar-refractivity contribution in [2.24, 2.45) is 0 Å². The van der Waals surface area contributed by atoms with Crippen LogP contribution in [0.5, 0.6) is 0 Å². The summed E-state index contributed by atoms with van der Waals surface area (Å²) in [6.07, 6.45) is 2.52. The maximum atomic E-state index is 5.68. The second-order valence-electron chi connectivity index (χ2n) is 3.74. The third-order valence-corrected chi connectivity index (χ3v) is 2.68. The Hall–Kier alpha value is -1.90. The van der Waals surface area contributed by atoms with E-state index in [0.717, 1.165) is 12.1 Å². The van der Waals surface area contributed by atoms with Crippen molar-refractivity contribution < 1.29 is 0 Å². The van der Waals surface area contributed by atoms with Crippen LogP contribution in [0.15, 0.2) is 42.7 Å². The first-order valence-electron chi connectivity index (χ1n) is 5.43. The first kappa shape index (κ1) is 10.6. The number of nitrogens with two attached hydrogens (primary N) is 1. The lowest BCUT2D eigenvalue weighted by Gasteiger charge is -2.14. The second-order valence-corrected chi connectivity index (χ2v) is 3.74. The first-order chi connectivity index (χ1) is 7.81. The fourth-order valence-electron chi connectivity index (χ4n) is 1.88. The molecule has 0 saturated heterocycles. The Morgan fingerprint density at radius 3 is 2.56 bits per heavy atom. The number of benzene rings is 1. The molecule has 0 spiro atoms. The van der Waals surface area contributed by atoms with E-state index >= 15 is 0 Å². The molecule has 1 atom stereocenters. The minimum Gasteiger partial charge on any atom is -0.384 e. The van der Waals surface area contributed by atoms with Crippen LogP contribution in [-0.4, -0.2) is 9.97 Å².